The summed E-state index contributed by atoms with van der Waals surface area (Å²) in [5, 5.41) is 0. The molecule has 10 heteroatoms. The minimum atomic E-state index is -0.896. The minimum absolute atomic E-state index is 0.0232. The summed E-state index contributed by atoms with van der Waals surface area (Å²) >= 11 is 0. The van der Waals surface area contributed by atoms with Crippen LogP contribution in [0.1, 0.15) is 52.9 Å². The van der Waals surface area contributed by atoms with Gasteiger partial charge in [0, 0.05) is 19.5 Å². The quantitative estimate of drug-likeness (QED) is 0.566. The molecule has 0 aromatic carbocycles. The summed E-state index contributed by atoms with van der Waals surface area (Å²) in [4.78, 5) is 55.3. The highest BCUT2D eigenvalue weighted by molar-refractivity contribution is 5.96. The molecule has 0 aromatic rings. The Morgan fingerprint density at radius 2 is 1.41 bits per heavy atom. The van der Waals surface area contributed by atoms with Gasteiger partial charge in [-0.05, 0) is 46.5 Å². The Morgan fingerprint density at radius 3 is 2.03 bits per heavy atom. The van der Waals surface area contributed by atoms with Crippen LogP contribution < -0.4 is 5.73 Å². The predicted molar refractivity (Wildman–Crippen MR) is 123 cm³/mol. The number of ether oxygens (including phenoxy) is 3. The lowest BCUT2D eigenvalue weighted by Crippen LogP contribution is -2.56. The van der Waals surface area contributed by atoms with Crippen LogP contribution in [0.3, 0.4) is 0 Å². The van der Waals surface area contributed by atoms with Crippen molar-refractivity contribution in [2.24, 2.45) is 11.7 Å². The average Bonchev–Trinajstić information content (AvgIpc) is 3.49. The maximum absolute atomic E-state index is 13.5. The lowest BCUT2D eigenvalue weighted by molar-refractivity contribution is -0.148. The Bertz CT molecular complexity index is 761. The van der Waals surface area contributed by atoms with E-state index in [1.54, 1.807) is 23.6 Å². The van der Waals surface area contributed by atoms with E-state index < -0.39 is 36.3 Å². The van der Waals surface area contributed by atoms with Gasteiger partial charge >= 0.3 is 0 Å². The number of ketones is 2. The van der Waals surface area contributed by atoms with Crippen molar-refractivity contribution >= 4 is 23.4 Å². The molecule has 10 nitrogen and oxygen atoms in total. The van der Waals surface area contributed by atoms with E-state index in [1.807, 2.05) is 0 Å². The lowest BCUT2D eigenvalue weighted by atomic mass is 9.90. The van der Waals surface area contributed by atoms with Gasteiger partial charge in [-0.2, -0.15) is 0 Å². The molecule has 0 spiro atoms. The van der Waals surface area contributed by atoms with Crippen molar-refractivity contribution in [2.75, 3.05) is 39.5 Å². The first-order valence-corrected chi connectivity index (χ1v) is 12.4. The van der Waals surface area contributed by atoms with Crippen LogP contribution in [-0.4, -0.2) is 103 Å². The number of hydrogen-bond donors (Lipinski definition) is 1. The Kier molecular flexibility index (Phi) is 9.58. The van der Waals surface area contributed by atoms with Crippen LogP contribution in [0.5, 0.6) is 0 Å². The number of carbonyl (C=O) groups excluding carboxylic acids is 4. The Morgan fingerprint density at radius 1 is 0.853 bits per heavy atom. The minimum Gasteiger partial charge on any atom is -0.377 e. The molecule has 3 aliphatic rings. The van der Waals surface area contributed by atoms with Crippen LogP contribution in [0.15, 0.2) is 0 Å². The number of rotatable bonds is 1. The van der Waals surface area contributed by atoms with Crippen molar-refractivity contribution in [3.05, 3.63) is 0 Å². The molecule has 3 aliphatic heterocycles. The van der Waals surface area contributed by atoms with Crippen molar-refractivity contribution in [1.29, 1.82) is 0 Å². The largest absolute Gasteiger partial charge is 0.377 e. The summed E-state index contributed by atoms with van der Waals surface area (Å²) in [6, 6.07) is -2.11. The van der Waals surface area contributed by atoms with Crippen molar-refractivity contribution in [3.8, 4) is 0 Å². The molecule has 6 unspecified atom stereocenters. The fraction of sp³-hybridized carbons (Fsp3) is 0.833. The highest BCUT2D eigenvalue weighted by Crippen LogP contribution is 2.28. The van der Waals surface area contributed by atoms with Crippen molar-refractivity contribution in [1.82, 2.24) is 9.80 Å². The highest BCUT2D eigenvalue weighted by atomic mass is 16.5. The highest BCUT2D eigenvalue weighted by Gasteiger charge is 2.44. The lowest BCUT2D eigenvalue weighted by Gasteiger charge is -2.33. The van der Waals surface area contributed by atoms with Crippen molar-refractivity contribution in [3.63, 3.8) is 0 Å². The van der Waals surface area contributed by atoms with E-state index in [0.29, 0.717) is 52.0 Å². The summed E-state index contributed by atoms with van der Waals surface area (Å²) in [5.41, 5.74) is 6.20. The zero-order chi connectivity index (χ0) is 24.8. The third-order valence-electron chi connectivity index (χ3n) is 7.25. The molecular weight excluding hydrogens is 442 g/mol. The normalized spacial score (nSPS) is 35.4. The molecule has 0 aromatic heterocycles. The van der Waals surface area contributed by atoms with Gasteiger partial charge in [0.2, 0.25) is 11.8 Å². The second-order valence-electron chi connectivity index (χ2n) is 9.56. The van der Waals surface area contributed by atoms with E-state index in [2.05, 4.69) is 0 Å². The Hall–Kier alpha value is -1.88. The molecular formula is C24H39N3O7. The van der Waals surface area contributed by atoms with Crippen LogP contribution in [0, 0.1) is 5.92 Å². The van der Waals surface area contributed by atoms with Crippen molar-refractivity contribution < 1.29 is 33.4 Å². The van der Waals surface area contributed by atoms with E-state index in [-0.39, 0.29) is 43.0 Å². The topological polar surface area (TPSA) is 128 Å². The standard InChI is InChI=1S/C24H39N3O7/c1-15(28)18-14-21(29)19-6-4-8-26(19)23(30)20-7-5-9-27(20)24(31)22(25)17(3)34-13-11-32-10-12-33-16(18)2/h16-20,22H,4-14,25H2,1-3H3. The Balaban J connectivity index is 1.81. The van der Waals surface area contributed by atoms with Gasteiger partial charge in [0.1, 0.15) is 17.9 Å². The number of hydrogen-bond acceptors (Lipinski definition) is 8. The molecule has 2 amide bonds. The molecule has 3 saturated heterocycles. The SMILES string of the molecule is CC(=O)C1CC(=O)C2CCCN2C(=O)C2CCCN2C(=O)C(N)C(C)OCCOCCOC1C. The van der Waals surface area contributed by atoms with Crippen LogP contribution in [0.25, 0.3) is 0 Å². The molecule has 0 radical (unpaired) electrons. The van der Waals surface area contributed by atoms with E-state index in [9.17, 15) is 19.2 Å². The zero-order valence-electron chi connectivity index (χ0n) is 20.6. The molecule has 2 N–H and O–H groups in total. The fourth-order valence-corrected chi connectivity index (χ4v) is 5.14. The van der Waals surface area contributed by atoms with E-state index in [4.69, 9.17) is 19.9 Å². The van der Waals surface area contributed by atoms with Gasteiger partial charge in [0.15, 0.2) is 5.78 Å². The number of fused-ring (bicyclic) bond motifs is 2. The van der Waals surface area contributed by atoms with Crippen LogP contribution in [-0.2, 0) is 33.4 Å². The third kappa shape index (κ3) is 6.21. The van der Waals surface area contributed by atoms with Gasteiger partial charge in [-0.15, -0.1) is 0 Å². The molecule has 0 saturated carbocycles. The van der Waals surface area contributed by atoms with Crippen LogP contribution in [0.4, 0.5) is 0 Å². The molecule has 0 aliphatic carbocycles. The first-order chi connectivity index (χ1) is 16.2. The zero-order valence-corrected chi connectivity index (χ0v) is 20.6. The second kappa shape index (κ2) is 12.2. The molecule has 6 atom stereocenters. The van der Waals surface area contributed by atoms with E-state index in [0.717, 1.165) is 0 Å². The molecule has 192 valence electrons. The Labute approximate surface area is 201 Å². The molecule has 3 heterocycles. The number of nitrogens with two attached hydrogens (primary N) is 1. The van der Waals surface area contributed by atoms with Crippen LogP contribution >= 0.6 is 0 Å². The summed E-state index contributed by atoms with van der Waals surface area (Å²) in [5.74, 6) is -1.36. The first kappa shape index (κ1) is 26.7. The maximum atomic E-state index is 13.5. The maximum Gasteiger partial charge on any atom is 0.245 e. The summed E-state index contributed by atoms with van der Waals surface area (Å²) < 4.78 is 17.0. The first-order valence-electron chi connectivity index (χ1n) is 12.4. The van der Waals surface area contributed by atoms with Gasteiger partial charge in [-0.3, -0.25) is 19.2 Å². The van der Waals surface area contributed by atoms with Gasteiger partial charge in [-0.1, -0.05) is 0 Å². The average molecular weight is 482 g/mol. The third-order valence-corrected chi connectivity index (χ3v) is 7.25. The smallest absolute Gasteiger partial charge is 0.245 e. The molecule has 34 heavy (non-hydrogen) atoms. The molecule has 3 fully saturated rings. The van der Waals surface area contributed by atoms with Crippen LogP contribution in [0.2, 0.25) is 0 Å². The fourth-order valence-electron chi connectivity index (χ4n) is 5.14. The monoisotopic (exact) mass is 481 g/mol. The van der Waals surface area contributed by atoms with Gasteiger partial charge in [0.05, 0.1) is 50.6 Å². The second-order valence-corrected chi connectivity index (χ2v) is 9.56. The van der Waals surface area contributed by atoms with Crippen molar-refractivity contribution in [2.45, 2.75) is 83.2 Å². The number of amides is 2. The number of carbonyl (C=O) groups is 4. The molecule has 3 rings (SSSR count). The predicted octanol–water partition coefficient (Wildman–Crippen LogP) is 0.301. The summed E-state index contributed by atoms with van der Waals surface area (Å²) in [7, 11) is 0. The number of nitrogens with zero attached hydrogens (tertiary/aromatic N) is 2. The molecule has 0 bridgehead atoms. The van der Waals surface area contributed by atoms with E-state index >= 15 is 0 Å². The number of Topliss-reactive ketones (excluding diaryl/α,β-unsaturated/α-hetero) is 2. The summed E-state index contributed by atoms with van der Waals surface area (Å²) in [6.07, 6.45) is 1.54. The van der Waals surface area contributed by atoms with E-state index in [1.165, 1.54) is 6.92 Å². The van der Waals surface area contributed by atoms with Gasteiger partial charge in [-0.25, -0.2) is 0 Å². The van der Waals surface area contributed by atoms with Gasteiger partial charge < -0.3 is 29.7 Å². The van der Waals surface area contributed by atoms with Gasteiger partial charge in [0.25, 0.3) is 0 Å². The summed E-state index contributed by atoms with van der Waals surface area (Å²) in [6.45, 7) is 7.06.